The zero-order valence-electron chi connectivity index (χ0n) is 14.2. The van der Waals surface area contributed by atoms with Crippen LogP contribution in [0.25, 0.3) is 6.08 Å². The van der Waals surface area contributed by atoms with E-state index < -0.39 is 0 Å². The first kappa shape index (κ1) is 16.9. The van der Waals surface area contributed by atoms with E-state index in [1.165, 1.54) is 6.08 Å². The SMILES string of the molecule is COc1ccc(CCNC(=O)/C=C/c2ccc3c(c2)OCCO3)cc1. The van der Waals surface area contributed by atoms with Crippen LogP contribution in [0.2, 0.25) is 0 Å². The van der Waals surface area contributed by atoms with Crippen LogP contribution in [-0.4, -0.2) is 32.8 Å². The number of rotatable bonds is 6. The highest BCUT2D eigenvalue weighted by Crippen LogP contribution is 2.31. The van der Waals surface area contributed by atoms with Crippen molar-refractivity contribution in [1.29, 1.82) is 0 Å². The third-order valence-electron chi connectivity index (χ3n) is 3.87. The maximum atomic E-state index is 11.9. The highest BCUT2D eigenvalue weighted by atomic mass is 16.6. The van der Waals surface area contributed by atoms with E-state index in [0.29, 0.717) is 25.5 Å². The van der Waals surface area contributed by atoms with Gasteiger partial charge in [-0.15, -0.1) is 0 Å². The molecule has 0 unspecified atom stereocenters. The number of hydrogen-bond donors (Lipinski definition) is 1. The van der Waals surface area contributed by atoms with Crippen molar-refractivity contribution in [1.82, 2.24) is 5.32 Å². The van der Waals surface area contributed by atoms with Gasteiger partial charge in [-0.05, 0) is 47.9 Å². The van der Waals surface area contributed by atoms with Crippen LogP contribution in [0.15, 0.2) is 48.5 Å². The van der Waals surface area contributed by atoms with Crippen molar-refractivity contribution in [3.8, 4) is 17.2 Å². The highest BCUT2D eigenvalue weighted by molar-refractivity contribution is 5.91. The van der Waals surface area contributed by atoms with E-state index in [-0.39, 0.29) is 5.91 Å². The van der Waals surface area contributed by atoms with Crippen LogP contribution in [0.1, 0.15) is 11.1 Å². The predicted molar refractivity (Wildman–Crippen MR) is 96.2 cm³/mol. The minimum atomic E-state index is -0.122. The molecule has 0 saturated heterocycles. The van der Waals surface area contributed by atoms with E-state index >= 15 is 0 Å². The number of ether oxygens (including phenoxy) is 3. The summed E-state index contributed by atoms with van der Waals surface area (Å²) >= 11 is 0. The maximum absolute atomic E-state index is 11.9. The second-order valence-corrected chi connectivity index (χ2v) is 5.63. The Morgan fingerprint density at radius 2 is 1.88 bits per heavy atom. The van der Waals surface area contributed by atoms with Crippen LogP contribution >= 0.6 is 0 Å². The third kappa shape index (κ3) is 4.76. The van der Waals surface area contributed by atoms with Crippen LogP contribution in [0, 0.1) is 0 Å². The summed E-state index contributed by atoms with van der Waals surface area (Å²) in [5.74, 6) is 2.17. The number of amides is 1. The molecule has 2 aromatic rings. The van der Waals surface area contributed by atoms with Gasteiger partial charge in [0, 0.05) is 12.6 Å². The second kappa shape index (κ2) is 8.24. The zero-order chi connectivity index (χ0) is 17.5. The summed E-state index contributed by atoms with van der Waals surface area (Å²) < 4.78 is 16.1. The lowest BCUT2D eigenvalue weighted by atomic mass is 10.1. The van der Waals surface area contributed by atoms with E-state index in [1.807, 2.05) is 42.5 Å². The molecular weight excluding hydrogens is 318 g/mol. The number of benzene rings is 2. The van der Waals surface area contributed by atoms with Gasteiger partial charge in [-0.25, -0.2) is 0 Å². The molecule has 5 nitrogen and oxygen atoms in total. The standard InChI is InChI=1S/C20H21NO4/c1-23-17-6-2-15(3-7-17)10-11-21-20(22)9-5-16-4-8-18-19(14-16)25-13-12-24-18/h2-9,14H,10-13H2,1H3,(H,21,22)/b9-5+. The van der Waals surface area contributed by atoms with Gasteiger partial charge in [-0.1, -0.05) is 18.2 Å². The molecule has 1 heterocycles. The van der Waals surface area contributed by atoms with E-state index in [2.05, 4.69) is 5.32 Å². The summed E-state index contributed by atoms with van der Waals surface area (Å²) in [5.41, 5.74) is 2.05. The Morgan fingerprint density at radius 3 is 2.64 bits per heavy atom. The van der Waals surface area contributed by atoms with Crippen molar-refractivity contribution < 1.29 is 19.0 Å². The normalized spacial score (nSPS) is 12.8. The monoisotopic (exact) mass is 339 g/mol. The fourth-order valence-electron chi connectivity index (χ4n) is 2.52. The summed E-state index contributed by atoms with van der Waals surface area (Å²) in [4.78, 5) is 11.9. The number of carbonyl (C=O) groups excluding carboxylic acids is 1. The van der Waals surface area contributed by atoms with Crippen molar-refractivity contribution in [3.63, 3.8) is 0 Å². The molecule has 3 rings (SSSR count). The molecule has 1 aliphatic heterocycles. The maximum Gasteiger partial charge on any atom is 0.244 e. The van der Waals surface area contributed by atoms with Crippen LogP contribution < -0.4 is 19.5 Å². The van der Waals surface area contributed by atoms with Gasteiger partial charge in [0.2, 0.25) is 5.91 Å². The molecule has 0 aliphatic carbocycles. The zero-order valence-corrected chi connectivity index (χ0v) is 14.2. The lowest BCUT2D eigenvalue weighted by Crippen LogP contribution is -2.23. The molecule has 0 fully saturated rings. The molecule has 2 aromatic carbocycles. The second-order valence-electron chi connectivity index (χ2n) is 5.63. The smallest absolute Gasteiger partial charge is 0.244 e. The average Bonchev–Trinajstić information content (AvgIpc) is 2.67. The fourth-order valence-corrected chi connectivity index (χ4v) is 2.52. The van der Waals surface area contributed by atoms with Crippen LogP contribution in [-0.2, 0) is 11.2 Å². The number of hydrogen-bond acceptors (Lipinski definition) is 4. The summed E-state index contributed by atoms with van der Waals surface area (Å²) in [7, 11) is 1.64. The number of fused-ring (bicyclic) bond motifs is 1. The molecule has 0 radical (unpaired) electrons. The molecular formula is C20H21NO4. The van der Waals surface area contributed by atoms with E-state index in [9.17, 15) is 4.79 Å². The minimum absolute atomic E-state index is 0.122. The first-order chi connectivity index (χ1) is 12.2. The van der Waals surface area contributed by atoms with Crippen molar-refractivity contribution in [2.24, 2.45) is 0 Å². The number of carbonyl (C=O) groups is 1. The molecule has 0 saturated carbocycles. The molecule has 5 heteroatoms. The lowest BCUT2D eigenvalue weighted by Gasteiger charge is -2.18. The van der Waals surface area contributed by atoms with Crippen LogP contribution in [0.4, 0.5) is 0 Å². The van der Waals surface area contributed by atoms with Crippen molar-refractivity contribution in [2.45, 2.75) is 6.42 Å². The first-order valence-electron chi connectivity index (χ1n) is 8.23. The van der Waals surface area contributed by atoms with Gasteiger partial charge in [0.1, 0.15) is 19.0 Å². The van der Waals surface area contributed by atoms with Crippen molar-refractivity contribution >= 4 is 12.0 Å². The Hall–Kier alpha value is -2.95. The largest absolute Gasteiger partial charge is 0.497 e. The Kier molecular flexibility index (Phi) is 5.57. The van der Waals surface area contributed by atoms with Crippen molar-refractivity contribution in [3.05, 3.63) is 59.7 Å². The van der Waals surface area contributed by atoms with Gasteiger partial charge in [0.15, 0.2) is 11.5 Å². The summed E-state index contributed by atoms with van der Waals surface area (Å²) in [5, 5.41) is 2.88. The van der Waals surface area contributed by atoms with Gasteiger partial charge in [-0.2, -0.15) is 0 Å². The lowest BCUT2D eigenvalue weighted by molar-refractivity contribution is -0.116. The Balaban J connectivity index is 1.47. The van der Waals surface area contributed by atoms with Crippen LogP contribution in [0.5, 0.6) is 17.2 Å². The number of methoxy groups -OCH3 is 1. The highest BCUT2D eigenvalue weighted by Gasteiger charge is 2.10. The van der Waals surface area contributed by atoms with Gasteiger partial charge in [0.05, 0.1) is 7.11 Å². The Labute approximate surface area is 147 Å². The van der Waals surface area contributed by atoms with Crippen molar-refractivity contribution in [2.75, 3.05) is 26.9 Å². The summed E-state index contributed by atoms with van der Waals surface area (Å²) in [6.45, 7) is 1.70. The minimum Gasteiger partial charge on any atom is -0.497 e. The molecule has 0 atom stereocenters. The summed E-state index contributed by atoms with van der Waals surface area (Å²) in [6.07, 6.45) is 4.06. The predicted octanol–water partition coefficient (Wildman–Crippen LogP) is 2.84. The van der Waals surface area contributed by atoms with Gasteiger partial charge >= 0.3 is 0 Å². The van der Waals surface area contributed by atoms with Gasteiger partial charge < -0.3 is 19.5 Å². The van der Waals surface area contributed by atoms with Gasteiger partial charge in [-0.3, -0.25) is 4.79 Å². The van der Waals surface area contributed by atoms with E-state index in [1.54, 1.807) is 13.2 Å². The van der Waals surface area contributed by atoms with Crippen LogP contribution in [0.3, 0.4) is 0 Å². The van der Waals surface area contributed by atoms with E-state index in [0.717, 1.165) is 29.0 Å². The van der Waals surface area contributed by atoms with Gasteiger partial charge in [0.25, 0.3) is 0 Å². The Bertz CT molecular complexity index is 753. The molecule has 1 N–H and O–H groups in total. The molecule has 25 heavy (non-hydrogen) atoms. The molecule has 1 aliphatic rings. The fraction of sp³-hybridized carbons (Fsp3) is 0.250. The first-order valence-corrected chi connectivity index (χ1v) is 8.23. The molecule has 130 valence electrons. The molecule has 1 amide bonds. The third-order valence-corrected chi connectivity index (χ3v) is 3.87. The molecule has 0 aromatic heterocycles. The average molecular weight is 339 g/mol. The number of nitrogens with one attached hydrogen (secondary N) is 1. The summed E-state index contributed by atoms with van der Waals surface area (Å²) in [6, 6.07) is 13.4. The topological polar surface area (TPSA) is 56.8 Å². The molecule has 0 bridgehead atoms. The Morgan fingerprint density at radius 1 is 1.12 bits per heavy atom. The van der Waals surface area contributed by atoms with E-state index in [4.69, 9.17) is 14.2 Å². The quantitative estimate of drug-likeness (QED) is 0.822. The molecule has 0 spiro atoms.